The molecule has 5 aliphatic rings. The van der Waals surface area contributed by atoms with E-state index in [-0.39, 0.29) is 11.2 Å². The predicted octanol–water partition coefficient (Wildman–Crippen LogP) is 6.36. The molecule has 9 heteroatoms. The molecule has 0 spiro atoms. The van der Waals surface area contributed by atoms with E-state index in [4.69, 9.17) is 9.47 Å². The molecular weight excluding hydrogens is 611 g/mol. The summed E-state index contributed by atoms with van der Waals surface area (Å²) in [5, 5.41) is 0. The van der Waals surface area contributed by atoms with Gasteiger partial charge < -0.3 is 14.4 Å². The van der Waals surface area contributed by atoms with Crippen molar-refractivity contribution in [1.82, 2.24) is 9.62 Å². The topological polar surface area (TPSA) is 88.2 Å². The first-order valence-electron chi connectivity index (χ1n) is 17.2. The second kappa shape index (κ2) is 13.2. The minimum atomic E-state index is -3.71. The Labute approximate surface area is 279 Å². The van der Waals surface area contributed by atoms with Crippen molar-refractivity contribution >= 4 is 21.6 Å². The van der Waals surface area contributed by atoms with Gasteiger partial charge in [-0.2, -0.15) is 0 Å². The number of rotatable bonds is 11. The van der Waals surface area contributed by atoms with Gasteiger partial charge in [0.25, 0.3) is 5.91 Å². The van der Waals surface area contributed by atoms with Crippen LogP contribution in [0.25, 0.3) is 11.1 Å². The van der Waals surface area contributed by atoms with Crippen LogP contribution in [0.5, 0.6) is 11.5 Å². The third kappa shape index (κ3) is 7.16. The van der Waals surface area contributed by atoms with Gasteiger partial charge in [0.05, 0.1) is 19.5 Å². The number of carbonyl (C=O) groups excluding carboxylic acids is 1. The van der Waals surface area contributed by atoms with Gasteiger partial charge in [-0.25, -0.2) is 13.1 Å². The third-order valence-corrected chi connectivity index (χ3v) is 12.4. The fourth-order valence-corrected chi connectivity index (χ4v) is 11.0. The van der Waals surface area contributed by atoms with Crippen LogP contribution in [0.3, 0.4) is 0 Å². The van der Waals surface area contributed by atoms with E-state index in [0.29, 0.717) is 29.9 Å². The molecule has 47 heavy (non-hydrogen) atoms. The number of nitrogens with one attached hydrogen (secondary N) is 1. The van der Waals surface area contributed by atoms with Gasteiger partial charge in [0.2, 0.25) is 10.0 Å². The normalized spacial score (nSPS) is 25.5. The standard InChI is InChI=1S/C38H47N3O5S/c1-3-46-35-6-4-5-31(20-35)32-7-8-33(36(21-32)45-2)25-40-13-15-41(16-14-40)34-11-9-30(10-12-34)37(42)39-47(43,44)26-38-22-27-17-28(23-38)19-29(18-27)24-38/h4-12,20-21,27-29H,3,13-19,22-26H2,1-2H3,(H,39,42). The number of hydrogen-bond acceptors (Lipinski definition) is 7. The summed E-state index contributed by atoms with van der Waals surface area (Å²) in [6, 6.07) is 21.9. The summed E-state index contributed by atoms with van der Waals surface area (Å²) in [6.45, 7) is 6.92. The van der Waals surface area contributed by atoms with Gasteiger partial charge in [0.1, 0.15) is 11.5 Å². The van der Waals surface area contributed by atoms with Crippen LogP contribution in [0.1, 0.15) is 61.4 Å². The summed E-state index contributed by atoms with van der Waals surface area (Å²) in [5.41, 5.74) is 4.61. The maximum atomic E-state index is 13.2. The molecule has 4 saturated carbocycles. The number of anilines is 1. The molecule has 0 radical (unpaired) electrons. The highest BCUT2D eigenvalue weighted by Gasteiger charge is 2.52. The molecule has 4 aliphatic carbocycles. The summed E-state index contributed by atoms with van der Waals surface area (Å²) >= 11 is 0. The van der Waals surface area contributed by atoms with Crippen molar-refractivity contribution in [3.63, 3.8) is 0 Å². The second-order valence-electron chi connectivity index (χ2n) is 14.4. The lowest BCUT2D eigenvalue weighted by atomic mass is 9.50. The molecule has 1 N–H and O–H groups in total. The van der Waals surface area contributed by atoms with Gasteiger partial charge in [-0.3, -0.25) is 9.69 Å². The van der Waals surface area contributed by atoms with Crippen LogP contribution in [-0.2, 0) is 16.6 Å². The van der Waals surface area contributed by atoms with Gasteiger partial charge in [-0.15, -0.1) is 0 Å². The number of hydrogen-bond donors (Lipinski definition) is 1. The summed E-state index contributed by atoms with van der Waals surface area (Å²) in [7, 11) is -1.99. The predicted molar refractivity (Wildman–Crippen MR) is 185 cm³/mol. The zero-order valence-corrected chi connectivity index (χ0v) is 28.4. The van der Waals surface area contributed by atoms with E-state index < -0.39 is 15.9 Å². The fraction of sp³-hybridized carbons (Fsp3) is 0.500. The summed E-state index contributed by atoms with van der Waals surface area (Å²) < 4.78 is 40.2. The average Bonchev–Trinajstić information content (AvgIpc) is 3.04. The zero-order chi connectivity index (χ0) is 32.6. The van der Waals surface area contributed by atoms with Crippen LogP contribution in [0.2, 0.25) is 0 Å². The number of piperazine rings is 1. The number of sulfonamides is 1. The van der Waals surface area contributed by atoms with Gasteiger partial charge in [0, 0.05) is 49.5 Å². The Hall–Kier alpha value is -3.56. The van der Waals surface area contributed by atoms with E-state index in [2.05, 4.69) is 44.9 Å². The van der Waals surface area contributed by atoms with Crippen molar-refractivity contribution in [3.05, 3.63) is 77.9 Å². The highest BCUT2D eigenvalue weighted by Crippen LogP contribution is 2.60. The van der Waals surface area contributed by atoms with Crippen molar-refractivity contribution < 1.29 is 22.7 Å². The molecule has 0 unspecified atom stereocenters. The number of carbonyl (C=O) groups is 1. The van der Waals surface area contributed by atoms with Crippen molar-refractivity contribution in [1.29, 1.82) is 0 Å². The van der Waals surface area contributed by atoms with Crippen LogP contribution in [-0.4, -0.2) is 64.9 Å². The molecule has 0 atom stereocenters. The molecule has 250 valence electrons. The van der Waals surface area contributed by atoms with Crippen molar-refractivity contribution in [2.24, 2.45) is 23.2 Å². The van der Waals surface area contributed by atoms with Crippen LogP contribution >= 0.6 is 0 Å². The van der Waals surface area contributed by atoms with Gasteiger partial charge in [-0.05, 0) is 122 Å². The van der Waals surface area contributed by atoms with E-state index in [0.717, 1.165) is 85.9 Å². The minimum Gasteiger partial charge on any atom is -0.496 e. The van der Waals surface area contributed by atoms with E-state index in [1.54, 1.807) is 19.2 Å². The number of nitrogens with zero attached hydrogens (tertiary/aromatic N) is 2. The molecule has 1 amide bonds. The average molecular weight is 658 g/mol. The Morgan fingerprint density at radius 1 is 0.872 bits per heavy atom. The lowest BCUT2D eigenvalue weighted by Gasteiger charge is -2.56. The highest BCUT2D eigenvalue weighted by atomic mass is 32.2. The van der Waals surface area contributed by atoms with Crippen LogP contribution < -0.4 is 19.1 Å². The Morgan fingerprint density at radius 3 is 2.17 bits per heavy atom. The minimum absolute atomic E-state index is 0.0793. The molecule has 1 saturated heterocycles. The molecule has 1 aliphatic heterocycles. The number of ether oxygens (including phenoxy) is 2. The lowest BCUT2D eigenvalue weighted by molar-refractivity contribution is -0.0391. The van der Waals surface area contributed by atoms with Crippen molar-refractivity contribution in [2.45, 2.75) is 52.0 Å². The first-order valence-corrected chi connectivity index (χ1v) is 18.9. The van der Waals surface area contributed by atoms with E-state index >= 15 is 0 Å². The van der Waals surface area contributed by atoms with Crippen LogP contribution in [0, 0.1) is 23.2 Å². The SMILES string of the molecule is CCOc1cccc(-c2ccc(CN3CCN(c4ccc(C(=O)NS(=O)(=O)CC56CC7CC(CC(C7)C5)C6)cc4)CC3)c(OC)c2)c1. The molecular formula is C38H47N3O5S. The summed E-state index contributed by atoms with van der Waals surface area (Å²) in [5.74, 6) is 3.30. The maximum absolute atomic E-state index is 13.2. The van der Waals surface area contributed by atoms with E-state index in [1.807, 2.05) is 31.2 Å². The maximum Gasteiger partial charge on any atom is 0.264 e. The quantitative estimate of drug-likeness (QED) is 0.257. The first kappa shape index (κ1) is 32.0. The second-order valence-corrected chi connectivity index (χ2v) is 16.1. The number of amides is 1. The molecule has 3 aromatic carbocycles. The fourth-order valence-electron chi connectivity index (χ4n) is 9.32. The Morgan fingerprint density at radius 2 is 1.53 bits per heavy atom. The molecule has 1 heterocycles. The largest absolute Gasteiger partial charge is 0.496 e. The molecule has 5 fully saturated rings. The van der Waals surface area contributed by atoms with Crippen molar-refractivity contribution in [3.8, 4) is 22.6 Å². The smallest absolute Gasteiger partial charge is 0.264 e. The van der Waals surface area contributed by atoms with E-state index in [9.17, 15) is 13.2 Å². The van der Waals surface area contributed by atoms with E-state index in [1.165, 1.54) is 19.3 Å². The van der Waals surface area contributed by atoms with Crippen LogP contribution in [0.4, 0.5) is 5.69 Å². The van der Waals surface area contributed by atoms with Gasteiger partial charge in [-0.1, -0.05) is 24.3 Å². The molecule has 8 nitrogen and oxygen atoms in total. The molecule has 8 rings (SSSR count). The highest BCUT2D eigenvalue weighted by molar-refractivity contribution is 7.90. The van der Waals surface area contributed by atoms with Crippen molar-refractivity contribution in [2.75, 3.05) is 50.5 Å². The number of methoxy groups -OCH3 is 1. The zero-order valence-electron chi connectivity index (χ0n) is 27.6. The van der Waals surface area contributed by atoms with Gasteiger partial charge >= 0.3 is 0 Å². The Kier molecular flexibility index (Phi) is 8.96. The lowest BCUT2D eigenvalue weighted by Crippen LogP contribution is -2.51. The van der Waals surface area contributed by atoms with Crippen LogP contribution in [0.15, 0.2) is 66.7 Å². The Balaban J connectivity index is 0.921. The molecule has 3 aromatic rings. The molecule has 0 aromatic heterocycles. The monoisotopic (exact) mass is 657 g/mol. The summed E-state index contributed by atoms with van der Waals surface area (Å²) in [4.78, 5) is 17.8. The summed E-state index contributed by atoms with van der Waals surface area (Å²) in [6.07, 6.45) is 6.80. The first-order chi connectivity index (χ1) is 22.7. The number of benzene rings is 3. The third-order valence-electron chi connectivity index (χ3n) is 10.9. The van der Waals surface area contributed by atoms with Gasteiger partial charge in [0.15, 0.2) is 0 Å². The molecule has 4 bridgehead atoms. The Bertz CT molecular complexity index is 1660.